The van der Waals surface area contributed by atoms with Crippen molar-refractivity contribution in [1.29, 1.82) is 5.26 Å². The van der Waals surface area contributed by atoms with Crippen LogP contribution in [-0.4, -0.2) is 43.8 Å². The van der Waals surface area contributed by atoms with Gasteiger partial charge in [0, 0.05) is 32.5 Å². The number of hydrogen-bond acceptors (Lipinski definition) is 7. The fourth-order valence-electron chi connectivity index (χ4n) is 2.73. The zero-order valence-electron chi connectivity index (χ0n) is 16.4. The molecule has 0 fully saturated rings. The lowest BCUT2D eigenvalue weighted by Crippen LogP contribution is -2.26. The highest BCUT2D eigenvalue weighted by molar-refractivity contribution is 5.88. The van der Waals surface area contributed by atoms with E-state index in [4.69, 9.17) is 14.2 Å². The van der Waals surface area contributed by atoms with Gasteiger partial charge in [0.2, 0.25) is 5.88 Å². The van der Waals surface area contributed by atoms with Crippen LogP contribution in [-0.2, 0) is 11.3 Å². The van der Waals surface area contributed by atoms with Crippen molar-refractivity contribution in [2.75, 3.05) is 27.9 Å². The molecule has 0 aliphatic carbocycles. The van der Waals surface area contributed by atoms with Crippen molar-refractivity contribution in [3.05, 3.63) is 45.2 Å². The largest absolute Gasteiger partial charge is 0.497 e. The summed E-state index contributed by atoms with van der Waals surface area (Å²) >= 11 is 0. The molecule has 2 aromatic rings. The molecule has 0 amide bonds. The number of hydrogen-bond donors (Lipinski definition) is 1. The molecule has 0 atom stereocenters. The van der Waals surface area contributed by atoms with E-state index < -0.39 is 5.56 Å². The van der Waals surface area contributed by atoms with E-state index in [1.54, 1.807) is 39.3 Å². The van der Waals surface area contributed by atoms with Gasteiger partial charge in [-0.15, -0.1) is 0 Å². The molecule has 0 radical (unpaired) electrons. The molecular formula is C20H23N3O5. The lowest BCUT2D eigenvalue weighted by atomic mass is 10.1. The van der Waals surface area contributed by atoms with Crippen LogP contribution in [0.1, 0.15) is 23.1 Å². The Morgan fingerprint density at radius 1 is 1.29 bits per heavy atom. The number of aromatic hydroxyl groups is 1. The van der Waals surface area contributed by atoms with Crippen molar-refractivity contribution in [1.82, 2.24) is 4.57 Å². The van der Waals surface area contributed by atoms with Gasteiger partial charge in [0.05, 0.1) is 19.8 Å². The van der Waals surface area contributed by atoms with Crippen molar-refractivity contribution in [3.63, 3.8) is 0 Å². The second-order valence-electron chi connectivity index (χ2n) is 5.95. The molecule has 148 valence electrons. The Morgan fingerprint density at radius 2 is 2.04 bits per heavy atom. The van der Waals surface area contributed by atoms with Crippen molar-refractivity contribution < 1.29 is 19.3 Å². The van der Waals surface area contributed by atoms with Gasteiger partial charge < -0.3 is 19.3 Å². The lowest BCUT2D eigenvalue weighted by Gasteiger charge is -2.14. The van der Waals surface area contributed by atoms with Gasteiger partial charge in [0.15, 0.2) is 0 Å². The van der Waals surface area contributed by atoms with Gasteiger partial charge in [0.1, 0.15) is 28.8 Å². The summed E-state index contributed by atoms with van der Waals surface area (Å²) in [5.41, 5.74) is 0.562. The molecule has 1 heterocycles. The first-order valence-corrected chi connectivity index (χ1v) is 8.59. The van der Waals surface area contributed by atoms with Crippen LogP contribution in [0.3, 0.4) is 0 Å². The molecule has 2 rings (SSSR count). The van der Waals surface area contributed by atoms with Crippen LogP contribution < -0.4 is 15.0 Å². The number of pyridine rings is 1. The minimum Gasteiger partial charge on any atom is -0.497 e. The molecule has 1 N–H and O–H groups in total. The molecule has 0 spiro atoms. The number of nitrogens with zero attached hydrogens (tertiary/aromatic N) is 3. The number of rotatable bonds is 8. The third-order valence-electron chi connectivity index (χ3n) is 4.30. The van der Waals surface area contributed by atoms with Gasteiger partial charge in [-0.1, -0.05) is 0 Å². The summed E-state index contributed by atoms with van der Waals surface area (Å²) in [5, 5.41) is 20.0. The maximum Gasteiger partial charge on any atom is 0.271 e. The summed E-state index contributed by atoms with van der Waals surface area (Å²) in [7, 11) is 4.62. The Morgan fingerprint density at radius 3 is 2.64 bits per heavy atom. The molecule has 0 bridgehead atoms. The van der Waals surface area contributed by atoms with Gasteiger partial charge in [-0.3, -0.25) is 14.4 Å². The molecule has 28 heavy (non-hydrogen) atoms. The average Bonchev–Trinajstić information content (AvgIpc) is 2.70. The van der Waals surface area contributed by atoms with E-state index >= 15 is 0 Å². The van der Waals surface area contributed by atoms with Gasteiger partial charge in [-0.25, -0.2) is 0 Å². The molecule has 0 saturated carbocycles. The molecule has 1 aromatic carbocycles. The highest BCUT2D eigenvalue weighted by Gasteiger charge is 2.18. The van der Waals surface area contributed by atoms with E-state index in [0.29, 0.717) is 41.3 Å². The Balaban J connectivity index is 2.56. The maximum atomic E-state index is 12.5. The zero-order valence-corrected chi connectivity index (χ0v) is 16.4. The van der Waals surface area contributed by atoms with Crippen LogP contribution in [0.15, 0.2) is 28.0 Å². The van der Waals surface area contributed by atoms with E-state index in [2.05, 4.69) is 4.99 Å². The second-order valence-corrected chi connectivity index (χ2v) is 5.95. The standard InChI is InChI=1S/C20H23N3O5/c1-13-15(11-21)19(24)23(8-5-9-26-2)20(25)16(13)12-22-17-10-14(27-3)6-7-18(17)28-4/h6-7,10,12,25H,5,8-9H2,1-4H3. The molecule has 1 aromatic heterocycles. The minimum atomic E-state index is -0.537. The molecule has 0 unspecified atom stereocenters. The lowest BCUT2D eigenvalue weighted by molar-refractivity contribution is 0.188. The minimum absolute atomic E-state index is 0.0331. The van der Waals surface area contributed by atoms with Crippen LogP contribution >= 0.6 is 0 Å². The van der Waals surface area contributed by atoms with Gasteiger partial charge in [-0.05, 0) is 31.0 Å². The molecule has 8 heteroatoms. The van der Waals surface area contributed by atoms with Crippen LogP contribution in [0.5, 0.6) is 17.4 Å². The van der Waals surface area contributed by atoms with Gasteiger partial charge in [-0.2, -0.15) is 5.26 Å². The van der Waals surface area contributed by atoms with E-state index in [-0.39, 0.29) is 18.0 Å². The van der Waals surface area contributed by atoms with E-state index in [9.17, 15) is 15.2 Å². The predicted molar refractivity (Wildman–Crippen MR) is 105 cm³/mol. The number of aromatic nitrogens is 1. The summed E-state index contributed by atoms with van der Waals surface area (Å²) in [4.78, 5) is 16.9. The van der Waals surface area contributed by atoms with Crippen LogP contribution in [0.4, 0.5) is 5.69 Å². The fraction of sp³-hybridized carbons (Fsp3) is 0.350. The first-order chi connectivity index (χ1) is 13.5. The van der Waals surface area contributed by atoms with Crippen molar-refractivity contribution in [2.24, 2.45) is 4.99 Å². The third kappa shape index (κ3) is 4.32. The Labute approximate surface area is 163 Å². The molecule has 0 aliphatic heterocycles. The SMILES string of the molecule is COCCCn1c(O)c(C=Nc2cc(OC)ccc2OC)c(C)c(C#N)c1=O. The summed E-state index contributed by atoms with van der Waals surface area (Å²) in [6, 6.07) is 7.05. The highest BCUT2D eigenvalue weighted by Crippen LogP contribution is 2.32. The van der Waals surface area contributed by atoms with Gasteiger partial charge in [0.25, 0.3) is 5.56 Å². The van der Waals surface area contributed by atoms with E-state index in [0.717, 1.165) is 4.57 Å². The van der Waals surface area contributed by atoms with Crippen molar-refractivity contribution >= 4 is 11.9 Å². The Hall–Kier alpha value is -3.31. The molecule has 0 saturated heterocycles. The van der Waals surface area contributed by atoms with Crippen LogP contribution in [0.2, 0.25) is 0 Å². The molecule has 0 aliphatic rings. The normalized spacial score (nSPS) is 10.8. The summed E-state index contributed by atoms with van der Waals surface area (Å²) in [5.74, 6) is 0.863. The maximum absolute atomic E-state index is 12.5. The molecular weight excluding hydrogens is 362 g/mol. The number of benzene rings is 1. The van der Waals surface area contributed by atoms with Gasteiger partial charge >= 0.3 is 0 Å². The highest BCUT2D eigenvalue weighted by atomic mass is 16.5. The van der Waals surface area contributed by atoms with Crippen molar-refractivity contribution in [2.45, 2.75) is 19.9 Å². The van der Waals surface area contributed by atoms with E-state index in [1.165, 1.54) is 13.3 Å². The summed E-state index contributed by atoms with van der Waals surface area (Å²) in [6.45, 7) is 2.24. The quantitative estimate of drug-likeness (QED) is 0.553. The van der Waals surface area contributed by atoms with Crippen LogP contribution in [0, 0.1) is 18.3 Å². The molecule has 8 nitrogen and oxygen atoms in total. The Kier molecular flexibility index (Phi) is 7.18. The second kappa shape index (κ2) is 9.58. The van der Waals surface area contributed by atoms with E-state index in [1.807, 2.05) is 6.07 Å². The smallest absolute Gasteiger partial charge is 0.271 e. The Bertz CT molecular complexity index is 973. The first-order valence-electron chi connectivity index (χ1n) is 8.59. The average molecular weight is 385 g/mol. The van der Waals surface area contributed by atoms with Crippen LogP contribution in [0.25, 0.3) is 0 Å². The number of ether oxygens (including phenoxy) is 3. The fourth-order valence-corrected chi connectivity index (χ4v) is 2.73. The number of aliphatic imine (C=N–C) groups is 1. The zero-order chi connectivity index (χ0) is 20.7. The third-order valence-corrected chi connectivity index (χ3v) is 4.30. The summed E-state index contributed by atoms with van der Waals surface area (Å²) < 4.78 is 16.6. The number of methoxy groups -OCH3 is 3. The summed E-state index contributed by atoms with van der Waals surface area (Å²) in [6.07, 6.45) is 1.92. The van der Waals surface area contributed by atoms with Crippen molar-refractivity contribution in [3.8, 4) is 23.4 Å². The topological polar surface area (TPSA) is 106 Å². The monoisotopic (exact) mass is 385 g/mol. The predicted octanol–water partition coefficient (Wildman–Crippen LogP) is 2.54. The first kappa shape index (κ1) is 21.0. The number of nitriles is 1.